The molecule has 0 N–H and O–H groups in total. The van der Waals surface area contributed by atoms with Crippen LogP contribution in [0.1, 0.15) is 43.1 Å². The fourth-order valence-corrected chi connectivity index (χ4v) is 3.43. The number of aromatic nitrogens is 2. The lowest BCUT2D eigenvalue weighted by molar-refractivity contribution is -0.135. The minimum Gasteiger partial charge on any atom is -0.497 e. The Morgan fingerprint density at radius 3 is 3.00 bits per heavy atom. The lowest BCUT2D eigenvalue weighted by atomic mass is 9.94. The molecule has 3 rings (SSSR count). The van der Waals surface area contributed by atoms with Crippen molar-refractivity contribution in [3.05, 3.63) is 48.0 Å². The maximum absolute atomic E-state index is 12.8. The van der Waals surface area contributed by atoms with Crippen LogP contribution in [0.15, 0.2) is 36.7 Å². The van der Waals surface area contributed by atoms with E-state index in [9.17, 15) is 4.79 Å². The van der Waals surface area contributed by atoms with Gasteiger partial charge in [-0.05, 0) is 43.9 Å². The number of nitrogens with zero attached hydrogens (tertiary/aromatic N) is 3. The minimum atomic E-state index is 0.158. The average molecular weight is 327 g/mol. The monoisotopic (exact) mass is 327 g/mol. The number of rotatable bonds is 5. The number of aryl methyl sites for hydroxylation is 2. The highest BCUT2D eigenvalue weighted by Crippen LogP contribution is 2.33. The topological polar surface area (TPSA) is 47.4 Å². The Kier molecular flexibility index (Phi) is 5.18. The van der Waals surface area contributed by atoms with Crippen LogP contribution in [0.25, 0.3) is 0 Å². The third-order valence-electron chi connectivity index (χ3n) is 4.79. The summed E-state index contributed by atoms with van der Waals surface area (Å²) in [5, 5.41) is 0. The molecule has 0 bridgehead atoms. The lowest BCUT2D eigenvalue weighted by Crippen LogP contribution is -2.38. The largest absolute Gasteiger partial charge is 0.497 e. The van der Waals surface area contributed by atoms with E-state index in [0.717, 1.165) is 37.4 Å². The molecule has 5 heteroatoms. The molecule has 1 aromatic heterocycles. The summed E-state index contributed by atoms with van der Waals surface area (Å²) in [5.74, 6) is 2.01. The summed E-state index contributed by atoms with van der Waals surface area (Å²) in [4.78, 5) is 19.1. The fourth-order valence-electron chi connectivity index (χ4n) is 3.43. The SMILES string of the molecule is COc1cccc(C2CCCCN2C(=O)CCn2ccnc2C)c1. The van der Waals surface area contributed by atoms with Crippen LogP contribution in [0.2, 0.25) is 0 Å². The molecule has 1 aliphatic heterocycles. The van der Waals surface area contributed by atoms with Crippen molar-refractivity contribution in [3.63, 3.8) is 0 Å². The van der Waals surface area contributed by atoms with E-state index in [4.69, 9.17) is 4.74 Å². The van der Waals surface area contributed by atoms with Crippen LogP contribution in [0.4, 0.5) is 0 Å². The molecule has 128 valence electrons. The third-order valence-corrected chi connectivity index (χ3v) is 4.79. The molecule has 1 aliphatic rings. The van der Waals surface area contributed by atoms with Gasteiger partial charge < -0.3 is 14.2 Å². The Morgan fingerprint density at radius 1 is 1.38 bits per heavy atom. The van der Waals surface area contributed by atoms with E-state index in [-0.39, 0.29) is 11.9 Å². The highest BCUT2D eigenvalue weighted by molar-refractivity contribution is 5.76. The summed E-state index contributed by atoms with van der Waals surface area (Å²) in [6.45, 7) is 3.49. The number of hydrogen-bond acceptors (Lipinski definition) is 3. The number of amides is 1. The number of carbonyl (C=O) groups is 1. The van der Waals surface area contributed by atoms with E-state index in [0.29, 0.717) is 13.0 Å². The highest BCUT2D eigenvalue weighted by Gasteiger charge is 2.27. The zero-order chi connectivity index (χ0) is 16.9. The van der Waals surface area contributed by atoms with Crippen LogP contribution in [0, 0.1) is 6.92 Å². The smallest absolute Gasteiger partial charge is 0.224 e. The molecule has 2 aromatic rings. The van der Waals surface area contributed by atoms with Crippen molar-refractivity contribution in [2.45, 2.75) is 45.2 Å². The number of carbonyl (C=O) groups excluding carboxylic acids is 1. The molecular formula is C19H25N3O2. The Bertz CT molecular complexity index is 695. The van der Waals surface area contributed by atoms with Crippen molar-refractivity contribution in [1.82, 2.24) is 14.5 Å². The molecule has 5 nitrogen and oxygen atoms in total. The molecule has 2 heterocycles. The average Bonchev–Trinajstić information content (AvgIpc) is 3.04. The van der Waals surface area contributed by atoms with Crippen molar-refractivity contribution < 1.29 is 9.53 Å². The second-order valence-corrected chi connectivity index (χ2v) is 6.29. The van der Waals surface area contributed by atoms with Gasteiger partial charge in [0.15, 0.2) is 0 Å². The first-order valence-corrected chi connectivity index (χ1v) is 8.60. The van der Waals surface area contributed by atoms with Crippen LogP contribution in [0.5, 0.6) is 5.75 Å². The van der Waals surface area contributed by atoms with Crippen LogP contribution in [-0.2, 0) is 11.3 Å². The third kappa shape index (κ3) is 3.61. The number of methoxy groups -OCH3 is 1. The lowest BCUT2D eigenvalue weighted by Gasteiger charge is -2.36. The summed E-state index contributed by atoms with van der Waals surface area (Å²) in [6, 6.07) is 8.25. The fraction of sp³-hybridized carbons (Fsp3) is 0.474. The quantitative estimate of drug-likeness (QED) is 0.846. The van der Waals surface area contributed by atoms with Gasteiger partial charge in [-0.15, -0.1) is 0 Å². The molecule has 1 atom stereocenters. The van der Waals surface area contributed by atoms with E-state index in [1.54, 1.807) is 13.3 Å². The van der Waals surface area contributed by atoms with Crippen molar-refractivity contribution in [2.24, 2.45) is 0 Å². The number of hydrogen-bond donors (Lipinski definition) is 0. The second-order valence-electron chi connectivity index (χ2n) is 6.29. The molecule has 1 aromatic carbocycles. The predicted molar refractivity (Wildman–Crippen MR) is 92.9 cm³/mol. The number of imidazole rings is 1. The summed E-state index contributed by atoms with van der Waals surface area (Å²) >= 11 is 0. The Hall–Kier alpha value is -2.30. The Morgan fingerprint density at radius 2 is 2.25 bits per heavy atom. The first-order valence-electron chi connectivity index (χ1n) is 8.60. The van der Waals surface area contributed by atoms with Gasteiger partial charge in [0.2, 0.25) is 5.91 Å². The zero-order valence-corrected chi connectivity index (χ0v) is 14.4. The van der Waals surface area contributed by atoms with Gasteiger partial charge >= 0.3 is 0 Å². The Labute approximate surface area is 143 Å². The number of benzene rings is 1. The maximum atomic E-state index is 12.8. The van der Waals surface area contributed by atoms with Gasteiger partial charge in [-0.2, -0.15) is 0 Å². The van der Waals surface area contributed by atoms with Gasteiger partial charge in [0.1, 0.15) is 11.6 Å². The van der Waals surface area contributed by atoms with Gasteiger partial charge in [-0.1, -0.05) is 12.1 Å². The van der Waals surface area contributed by atoms with E-state index in [1.807, 2.05) is 34.7 Å². The Balaban J connectivity index is 1.71. The molecule has 1 unspecified atom stereocenters. The molecule has 0 saturated carbocycles. The maximum Gasteiger partial charge on any atom is 0.224 e. The molecule has 0 aliphatic carbocycles. The normalized spacial score (nSPS) is 17.8. The van der Waals surface area contributed by atoms with Crippen molar-refractivity contribution in [2.75, 3.05) is 13.7 Å². The summed E-state index contributed by atoms with van der Waals surface area (Å²) in [5.41, 5.74) is 1.17. The van der Waals surface area contributed by atoms with E-state index in [2.05, 4.69) is 17.1 Å². The van der Waals surface area contributed by atoms with Gasteiger partial charge in [-0.3, -0.25) is 4.79 Å². The molecule has 24 heavy (non-hydrogen) atoms. The van der Waals surface area contributed by atoms with Crippen LogP contribution in [-0.4, -0.2) is 34.0 Å². The molecule has 1 amide bonds. The second kappa shape index (κ2) is 7.51. The molecule has 0 spiro atoms. The van der Waals surface area contributed by atoms with Crippen LogP contribution < -0.4 is 4.74 Å². The van der Waals surface area contributed by atoms with Gasteiger partial charge in [0.25, 0.3) is 0 Å². The summed E-state index contributed by atoms with van der Waals surface area (Å²) in [6.07, 6.45) is 7.47. The predicted octanol–water partition coefficient (Wildman–Crippen LogP) is 3.34. The van der Waals surface area contributed by atoms with Gasteiger partial charge in [0.05, 0.1) is 13.2 Å². The molecule has 1 fully saturated rings. The summed E-state index contributed by atoms with van der Waals surface area (Å²) < 4.78 is 7.37. The first kappa shape index (κ1) is 16.6. The first-order chi connectivity index (χ1) is 11.7. The highest BCUT2D eigenvalue weighted by atomic mass is 16.5. The minimum absolute atomic E-state index is 0.158. The van der Waals surface area contributed by atoms with E-state index < -0.39 is 0 Å². The van der Waals surface area contributed by atoms with Crippen LogP contribution in [0.3, 0.4) is 0 Å². The number of piperidine rings is 1. The molecular weight excluding hydrogens is 302 g/mol. The number of ether oxygens (including phenoxy) is 1. The van der Waals surface area contributed by atoms with E-state index in [1.165, 1.54) is 5.56 Å². The molecule has 1 saturated heterocycles. The standard InChI is InChI=1S/C19H25N3O2/c1-15-20-10-13-21(15)12-9-19(23)22-11-4-3-8-18(22)16-6-5-7-17(14-16)24-2/h5-7,10,13-14,18H,3-4,8-9,11-12H2,1-2H3. The van der Waals surface area contributed by atoms with Gasteiger partial charge in [0, 0.05) is 31.9 Å². The zero-order valence-electron chi connectivity index (χ0n) is 14.4. The van der Waals surface area contributed by atoms with Crippen LogP contribution >= 0.6 is 0 Å². The van der Waals surface area contributed by atoms with Crippen molar-refractivity contribution in [1.29, 1.82) is 0 Å². The summed E-state index contributed by atoms with van der Waals surface area (Å²) in [7, 11) is 1.68. The van der Waals surface area contributed by atoms with Crippen molar-refractivity contribution in [3.8, 4) is 5.75 Å². The molecule has 0 radical (unpaired) electrons. The van der Waals surface area contributed by atoms with Gasteiger partial charge in [-0.25, -0.2) is 4.98 Å². The number of likely N-dealkylation sites (tertiary alicyclic amines) is 1. The van der Waals surface area contributed by atoms with Crippen molar-refractivity contribution >= 4 is 5.91 Å². The van der Waals surface area contributed by atoms with E-state index >= 15 is 0 Å².